The van der Waals surface area contributed by atoms with Crippen LogP contribution in [0.3, 0.4) is 0 Å². The molecule has 1 amide bonds. The van der Waals surface area contributed by atoms with E-state index >= 15 is 0 Å². The molecule has 6 nitrogen and oxygen atoms in total. The molecule has 0 atom stereocenters. The quantitative estimate of drug-likeness (QED) is 0.840. The maximum absolute atomic E-state index is 12.6. The minimum atomic E-state index is -3.36. The Morgan fingerprint density at radius 3 is 2.52 bits per heavy atom. The molecular formula is C17H26N2O4S2. The number of carbonyl (C=O) groups excluding carboxylic acids is 1. The van der Waals surface area contributed by atoms with Crippen molar-refractivity contribution in [2.75, 3.05) is 32.8 Å². The van der Waals surface area contributed by atoms with Gasteiger partial charge in [0.2, 0.25) is 5.91 Å². The highest BCUT2D eigenvalue weighted by Gasteiger charge is 2.31. The molecule has 2 fully saturated rings. The third kappa shape index (κ3) is 4.61. The van der Waals surface area contributed by atoms with Gasteiger partial charge in [-0.25, -0.2) is 8.42 Å². The van der Waals surface area contributed by atoms with E-state index in [-0.39, 0.29) is 11.8 Å². The van der Waals surface area contributed by atoms with Gasteiger partial charge in [-0.15, -0.1) is 11.3 Å². The number of piperidine rings is 1. The monoisotopic (exact) mass is 386 g/mol. The van der Waals surface area contributed by atoms with E-state index in [1.54, 1.807) is 10.4 Å². The van der Waals surface area contributed by atoms with Crippen LogP contribution in [0.25, 0.3) is 0 Å². The third-order valence-electron chi connectivity index (χ3n) is 5.04. The van der Waals surface area contributed by atoms with E-state index in [1.165, 1.54) is 11.3 Å². The second-order valence-corrected chi connectivity index (χ2v) is 10.3. The lowest BCUT2D eigenvalue weighted by molar-refractivity contribution is -0.128. The van der Waals surface area contributed by atoms with E-state index < -0.39 is 10.0 Å². The summed E-state index contributed by atoms with van der Waals surface area (Å²) in [5.74, 6) is 0.531. The number of hydrogen-bond donors (Lipinski definition) is 1. The SMILES string of the molecule is Cc1ccc(S(=O)(=O)N2CCC(CNC(=O)C3CCOCC3)CC2)s1. The summed E-state index contributed by atoms with van der Waals surface area (Å²) in [5, 5.41) is 3.05. The third-order valence-corrected chi connectivity index (χ3v) is 8.41. The largest absolute Gasteiger partial charge is 0.381 e. The lowest BCUT2D eigenvalue weighted by Gasteiger charge is -2.31. The molecule has 25 heavy (non-hydrogen) atoms. The van der Waals surface area contributed by atoms with Crippen LogP contribution in [-0.2, 0) is 19.6 Å². The average Bonchev–Trinajstić information content (AvgIpc) is 3.08. The number of thiophene rings is 1. The summed E-state index contributed by atoms with van der Waals surface area (Å²) in [6.45, 7) is 4.93. The van der Waals surface area contributed by atoms with Crippen molar-refractivity contribution in [2.45, 2.75) is 36.8 Å². The predicted molar refractivity (Wildman–Crippen MR) is 97.1 cm³/mol. The zero-order valence-corrected chi connectivity index (χ0v) is 16.2. The molecule has 2 aliphatic heterocycles. The van der Waals surface area contributed by atoms with Crippen LogP contribution < -0.4 is 5.32 Å². The van der Waals surface area contributed by atoms with E-state index in [1.807, 2.05) is 13.0 Å². The first-order chi connectivity index (χ1) is 12.0. The first-order valence-corrected chi connectivity index (χ1v) is 11.1. The number of aryl methyl sites for hydroxylation is 1. The molecule has 0 aromatic carbocycles. The molecule has 2 aliphatic rings. The molecule has 1 aromatic heterocycles. The molecule has 0 radical (unpaired) electrons. The van der Waals surface area contributed by atoms with Crippen molar-refractivity contribution >= 4 is 27.3 Å². The first kappa shape index (κ1) is 18.8. The Morgan fingerprint density at radius 1 is 1.24 bits per heavy atom. The molecule has 0 unspecified atom stereocenters. The van der Waals surface area contributed by atoms with E-state index in [2.05, 4.69) is 5.32 Å². The molecule has 0 aliphatic carbocycles. The highest BCUT2D eigenvalue weighted by molar-refractivity contribution is 7.91. The van der Waals surface area contributed by atoms with E-state index in [4.69, 9.17) is 4.74 Å². The minimum Gasteiger partial charge on any atom is -0.381 e. The first-order valence-electron chi connectivity index (χ1n) is 8.89. The van der Waals surface area contributed by atoms with Crippen LogP contribution >= 0.6 is 11.3 Å². The van der Waals surface area contributed by atoms with Crippen LogP contribution in [0.5, 0.6) is 0 Å². The van der Waals surface area contributed by atoms with Gasteiger partial charge in [0.05, 0.1) is 0 Å². The molecular weight excluding hydrogens is 360 g/mol. The van der Waals surface area contributed by atoms with Gasteiger partial charge in [-0.3, -0.25) is 4.79 Å². The normalized spacial score (nSPS) is 21.3. The standard InChI is InChI=1S/C17H26N2O4S2/c1-13-2-3-16(24-13)25(21,22)19-8-4-14(5-9-19)12-18-17(20)15-6-10-23-11-7-15/h2-3,14-15H,4-12H2,1H3,(H,18,20). The second kappa shape index (κ2) is 8.16. The van der Waals surface area contributed by atoms with Gasteiger partial charge in [0.25, 0.3) is 10.0 Å². The van der Waals surface area contributed by atoms with Crippen LogP contribution in [0.15, 0.2) is 16.3 Å². The van der Waals surface area contributed by atoms with Gasteiger partial charge in [-0.05, 0) is 50.7 Å². The fourth-order valence-corrected chi connectivity index (χ4v) is 6.29. The van der Waals surface area contributed by atoms with E-state index in [0.29, 0.717) is 43.0 Å². The second-order valence-electron chi connectivity index (χ2n) is 6.84. The van der Waals surface area contributed by atoms with Gasteiger partial charge < -0.3 is 10.1 Å². The summed E-state index contributed by atoms with van der Waals surface area (Å²) in [4.78, 5) is 13.2. The maximum atomic E-state index is 12.6. The highest BCUT2D eigenvalue weighted by Crippen LogP contribution is 2.28. The summed E-state index contributed by atoms with van der Waals surface area (Å²) in [7, 11) is -3.36. The number of nitrogens with one attached hydrogen (secondary N) is 1. The summed E-state index contributed by atoms with van der Waals surface area (Å²) in [5.41, 5.74) is 0. The highest BCUT2D eigenvalue weighted by atomic mass is 32.2. The van der Waals surface area contributed by atoms with Crippen LogP contribution in [0.4, 0.5) is 0 Å². The van der Waals surface area contributed by atoms with Gasteiger partial charge in [-0.1, -0.05) is 0 Å². The van der Waals surface area contributed by atoms with Crippen LogP contribution in [0, 0.1) is 18.8 Å². The molecule has 0 spiro atoms. The minimum absolute atomic E-state index is 0.0660. The molecule has 2 saturated heterocycles. The average molecular weight is 387 g/mol. The summed E-state index contributed by atoms with van der Waals surface area (Å²) in [6, 6.07) is 3.53. The summed E-state index contributed by atoms with van der Waals surface area (Å²) >= 11 is 1.32. The Bertz CT molecular complexity index is 687. The Kier molecular flexibility index (Phi) is 6.14. The zero-order valence-electron chi connectivity index (χ0n) is 14.6. The molecule has 1 aromatic rings. The lowest BCUT2D eigenvalue weighted by Crippen LogP contribution is -2.42. The van der Waals surface area contributed by atoms with Crippen molar-refractivity contribution in [3.63, 3.8) is 0 Å². The van der Waals surface area contributed by atoms with Gasteiger partial charge in [0.15, 0.2) is 0 Å². The van der Waals surface area contributed by atoms with E-state index in [0.717, 1.165) is 30.6 Å². The van der Waals surface area contributed by atoms with Crippen molar-refractivity contribution in [2.24, 2.45) is 11.8 Å². The zero-order chi connectivity index (χ0) is 17.9. The molecule has 1 N–H and O–H groups in total. The molecule has 140 valence electrons. The smallest absolute Gasteiger partial charge is 0.252 e. The van der Waals surface area contributed by atoms with Crippen molar-refractivity contribution in [1.29, 1.82) is 0 Å². The van der Waals surface area contributed by atoms with Gasteiger partial charge in [0, 0.05) is 43.6 Å². The Balaban J connectivity index is 1.46. The fourth-order valence-electron chi connectivity index (χ4n) is 3.38. The Labute approximate surface area is 153 Å². The summed E-state index contributed by atoms with van der Waals surface area (Å²) in [6.07, 6.45) is 3.17. The van der Waals surface area contributed by atoms with Crippen molar-refractivity contribution < 1.29 is 17.9 Å². The predicted octanol–water partition coefficient (Wildman–Crippen LogP) is 2.00. The van der Waals surface area contributed by atoms with Crippen molar-refractivity contribution in [3.8, 4) is 0 Å². The molecule has 0 bridgehead atoms. The maximum Gasteiger partial charge on any atom is 0.252 e. The number of sulfonamides is 1. The number of rotatable bonds is 5. The van der Waals surface area contributed by atoms with Gasteiger partial charge >= 0.3 is 0 Å². The van der Waals surface area contributed by atoms with Crippen molar-refractivity contribution in [3.05, 3.63) is 17.0 Å². The topological polar surface area (TPSA) is 75.7 Å². The number of carbonyl (C=O) groups is 1. The van der Waals surface area contributed by atoms with Crippen LogP contribution in [0.2, 0.25) is 0 Å². The van der Waals surface area contributed by atoms with E-state index in [9.17, 15) is 13.2 Å². The number of nitrogens with zero attached hydrogens (tertiary/aromatic N) is 1. The van der Waals surface area contributed by atoms with Crippen molar-refractivity contribution in [1.82, 2.24) is 9.62 Å². The Morgan fingerprint density at radius 2 is 1.92 bits per heavy atom. The molecule has 3 heterocycles. The van der Waals surface area contributed by atoms with Crippen LogP contribution in [-0.4, -0.2) is 51.5 Å². The number of hydrogen-bond acceptors (Lipinski definition) is 5. The number of ether oxygens (including phenoxy) is 1. The van der Waals surface area contributed by atoms with Gasteiger partial charge in [-0.2, -0.15) is 4.31 Å². The number of amides is 1. The van der Waals surface area contributed by atoms with Crippen LogP contribution in [0.1, 0.15) is 30.6 Å². The molecule has 8 heteroatoms. The lowest BCUT2D eigenvalue weighted by atomic mass is 9.96. The molecule has 3 rings (SSSR count). The fraction of sp³-hybridized carbons (Fsp3) is 0.706. The summed E-state index contributed by atoms with van der Waals surface area (Å²) < 4.78 is 32.6. The van der Waals surface area contributed by atoms with Gasteiger partial charge in [0.1, 0.15) is 4.21 Å². The molecule has 0 saturated carbocycles. The Hall–Kier alpha value is -0.960.